The van der Waals surface area contributed by atoms with E-state index in [1.807, 2.05) is 0 Å². The van der Waals surface area contributed by atoms with Crippen molar-refractivity contribution in [2.24, 2.45) is 0 Å². The van der Waals surface area contributed by atoms with Gasteiger partial charge >= 0.3 is 5.97 Å². The number of imidazole rings is 1. The van der Waals surface area contributed by atoms with Crippen LogP contribution in [-0.2, 0) is 4.74 Å². The van der Waals surface area contributed by atoms with Crippen molar-refractivity contribution < 1.29 is 9.53 Å². The van der Waals surface area contributed by atoms with E-state index in [-0.39, 0.29) is 10.7 Å². The summed E-state index contributed by atoms with van der Waals surface area (Å²) < 4.78 is 6.61. The smallest absolute Gasteiger partial charge is 0.343 e. The fourth-order valence-electron chi connectivity index (χ4n) is 1.49. The van der Waals surface area contributed by atoms with E-state index >= 15 is 0 Å². The zero-order valence-electron chi connectivity index (χ0n) is 8.90. The normalized spacial score (nSPS) is 10.7. The van der Waals surface area contributed by atoms with Crippen LogP contribution >= 0.6 is 11.6 Å². The molecule has 0 atom stereocenters. The van der Waals surface area contributed by atoms with Crippen molar-refractivity contribution in [1.82, 2.24) is 14.4 Å². The summed E-state index contributed by atoms with van der Waals surface area (Å²) >= 11 is 5.94. The van der Waals surface area contributed by atoms with Crippen LogP contribution in [0.1, 0.15) is 23.0 Å². The molecule has 0 aliphatic heterocycles. The molecule has 0 spiro atoms. The van der Waals surface area contributed by atoms with E-state index in [1.54, 1.807) is 30.8 Å². The summed E-state index contributed by atoms with van der Waals surface area (Å²) in [5.74, 6) is -0.465. The van der Waals surface area contributed by atoms with Crippen LogP contribution in [0.2, 0.25) is 5.15 Å². The lowest BCUT2D eigenvalue weighted by atomic mass is 10.2. The first kappa shape index (κ1) is 10.9. The number of aryl methyl sites for hydroxylation is 1. The molecule has 0 N–H and O–H groups in total. The Morgan fingerprint density at radius 3 is 3.06 bits per heavy atom. The summed E-state index contributed by atoms with van der Waals surface area (Å²) in [5, 5.41) is 0.143. The molecule has 0 amide bonds. The maximum atomic E-state index is 11.7. The van der Waals surface area contributed by atoms with E-state index in [2.05, 4.69) is 9.97 Å². The van der Waals surface area contributed by atoms with Crippen LogP contribution in [0, 0.1) is 6.92 Å². The Hall–Kier alpha value is -1.62. The molecule has 2 rings (SSSR count). The largest absolute Gasteiger partial charge is 0.462 e. The van der Waals surface area contributed by atoms with Crippen LogP contribution in [0.5, 0.6) is 0 Å². The Balaban J connectivity index is 2.63. The first-order chi connectivity index (χ1) is 7.65. The van der Waals surface area contributed by atoms with E-state index in [1.165, 1.54) is 0 Å². The average Bonchev–Trinajstić information content (AvgIpc) is 2.66. The Labute approximate surface area is 97.0 Å². The third kappa shape index (κ3) is 1.63. The number of hydrogen-bond acceptors (Lipinski definition) is 4. The van der Waals surface area contributed by atoms with Gasteiger partial charge in [0, 0.05) is 5.69 Å². The number of halogens is 1. The molecule has 0 unspecified atom stereocenters. The fraction of sp³-hybridized carbons (Fsp3) is 0.300. The molecular weight excluding hydrogens is 230 g/mol. The van der Waals surface area contributed by atoms with Crippen LogP contribution in [0.25, 0.3) is 5.65 Å². The predicted octanol–water partition coefficient (Wildman–Crippen LogP) is 1.87. The average molecular weight is 240 g/mol. The number of rotatable bonds is 2. The summed E-state index contributed by atoms with van der Waals surface area (Å²) in [5.41, 5.74) is 1.57. The number of esters is 1. The van der Waals surface area contributed by atoms with Gasteiger partial charge < -0.3 is 4.74 Å². The minimum absolute atomic E-state index is 0.143. The Kier molecular flexibility index (Phi) is 2.78. The van der Waals surface area contributed by atoms with Crippen LogP contribution in [0.4, 0.5) is 0 Å². The van der Waals surface area contributed by atoms with Gasteiger partial charge in [0.05, 0.1) is 12.8 Å². The number of fused-ring (bicyclic) bond motifs is 1. The van der Waals surface area contributed by atoms with Crippen molar-refractivity contribution in [3.8, 4) is 0 Å². The molecule has 0 aromatic carbocycles. The highest BCUT2D eigenvalue weighted by Gasteiger charge is 2.18. The molecule has 6 heteroatoms. The molecule has 84 valence electrons. The van der Waals surface area contributed by atoms with Gasteiger partial charge in [0.15, 0.2) is 5.65 Å². The van der Waals surface area contributed by atoms with Gasteiger partial charge in [0.25, 0.3) is 0 Å². The second-order valence-electron chi connectivity index (χ2n) is 3.21. The summed E-state index contributed by atoms with van der Waals surface area (Å²) in [7, 11) is 0. The predicted molar refractivity (Wildman–Crippen MR) is 58.7 cm³/mol. The zero-order valence-corrected chi connectivity index (χ0v) is 9.65. The lowest BCUT2D eigenvalue weighted by Crippen LogP contribution is -2.11. The topological polar surface area (TPSA) is 56.5 Å². The van der Waals surface area contributed by atoms with E-state index in [0.29, 0.717) is 17.9 Å². The van der Waals surface area contributed by atoms with Crippen LogP contribution in [-0.4, -0.2) is 26.9 Å². The van der Waals surface area contributed by atoms with Gasteiger partial charge in [-0.3, -0.25) is 4.40 Å². The van der Waals surface area contributed by atoms with Gasteiger partial charge in [-0.05, 0) is 13.8 Å². The Morgan fingerprint density at radius 2 is 2.38 bits per heavy atom. The summed E-state index contributed by atoms with van der Waals surface area (Å²) in [6.45, 7) is 3.81. The maximum absolute atomic E-state index is 11.7. The van der Waals surface area contributed by atoms with E-state index < -0.39 is 5.97 Å². The van der Waals surface area contributed by atoms with E-state index in [4.69, 9.17) is 16.3 Å². The number of hydrogen-bond donors (Lipinski definition) is 0. The highest BCUT2D eigenvalue weighted by atomic mass is 35.5. The Bertz CT molecular complexity index is 550. The standard InChI is InChI=1S/C10H10ClN3O2/c1-3-16-10(15)8-6(2)14-5-12-4-7(14)13-9(8)11/h4-5H,3H2,1-2H3. The van der Waals surface area contributed by atoms with Gasteiger partial charge in [0.1, 0.15) is 17.0 Å². The molecule has 2 aromatic rings. The number of carbonyl (C=O) groups is 1. The quantitative estimate of drug-likeness (QED) is 0.593. The molecule has 2 aromatic heterocycles. The first-order valence-electron chi connectivity index (χ1n) is 4.80. The first-order valence-corrected chi connectivity index (χ1v) is 5.18. The molecule has 2 heterocycles. The molecule has 5 nitrogen and oxygen atoms in total. The van der Waals surface area contributed by atoms with Gasteiger partial charge in [-0.1, -0.05) is 11.6 Å². The number of nitrogens with zero attached hydrogens (tertiary/aromatic N) is 3. The molecule has 16 heavy (non-hydrogen) atoms. The fourth-order valence-corrected chi connectivity index (χ4v) is 1.79. The number of ether oxygens (including phenoxy) is 1. The SMILES string of the molecule is CCOC(=O)c1c(Cl)nc2cncn2c1C. The van der Waals surface area contributed by atoms with Gasteiger partial charge in [-0.2, -0.15) is 0 Å². The molecule has 0 aliphatic carbocycles. The Morgan fingerprint density at radius 1 is 1.62 bits per heavy atom. The van der Waals surface area contributed by atoms with E-state index in [9.17, 15) is 4.79 Å². The summed E-state index contributed by atoms with van der Waals surface area (Å²) in [6, 6.07) is 0. The molecule has 0 bridgehead atoms. The highest BCUT2D eigenvalue weighted by Crippen LogP contribution is 2.20. The summed E-state index contributed by atoms with van der Waals surface area (Å²) in [4.78, 5) is 19.7. The lowest BCUT2D eigenvalue weighted by Gasteiger charge is -2.08. The molecule has 0 saturated carbocycles. The van der Waals surface area contributed by atoms with Crippen LogP contribution < -0.4 is 0 Å². The van der Waals surface area contributed by atoms with Gasteiger partial charge in [0.2, 0.25) is 0 Å². The van der Waals surface area contributed by atoms with Gasteiger partial charge in [-0.25, -0.2) is 14.8 Å². The molecular formula is C10H10ClN3O2. The highest BCUT2D eigenvalue weighted by molar-refractivity contribution is 6.32. The monoisotopic (exact) mass is 239 g/mol. The van der Waals surface area contributed by atoms with Crippen molar-refractivity contribution in [3.05, 3.63) is 28.9 Å². The minimum Gasteiger partial charge on any atom is -0.462 e. The van der Waals surface area contributed by atoms with Crippen molar-refractivity contribution >= 4 is 23.2 Å². The molecule has 0 aliphatic rings. The van der Waals surface area contributed by atoms with Crippen LogP contribution in [0.3, 0.4) is 0 Å². The van der Waals surface area contributed by atoms with Crippen molar-refractivity contribution in [3.63, 3.8) is 0 Å². The van der Waals surface area contributed by atoms with Crippen LogP contribution in [0.15, 0.2) is 12.5 Å². The number of aromatic nitrogens is 3. The maximum Gasteiger partial charge on any atom is 0.343 e. The number of carbonyl (C=O) groups excluding carboxylic acids is 1. The van der Waals surface area contributed by atoms with Crippen molar-refractivity contribution in [1.29, 1.82) is 0 Å². The van der Waals surface area contributed by atoms with Gasteiger partial charge in [-0.15, -0.1) is 0 Å². The van der Waals surface area contributed by atoms with Crippen molar-refractivity contribution in [2.75, 3.05) is 6.61 Å². The molecule has 0 saturated heterocycles. The second kappa shape index (κ2) is 4.09. The summed E-state index contributed by atoms with van der Waals surface area (Å²) in [6.07, 6.45) is 3.16. The lowest BCUT2D eigenvalue weighted by molar-refractivity contribution is 0.0524. The third-order valence-corrected chi connectivity index (χ3v) is 2.51. The zero-order chi connectivity index (χ0) is 11.7. The van der Waals surface area contributed by atoms with E-state index in [0.717, 1.165) is 0 Å². The minimum atomic E-state index is -0.465. The third-order valence-electron chi connectivity index (χ3n) is 2.24. The molecule has 0 fully saturated rings. The van der Waals surface area contributed by atoms with Crippen molar-refractivity contribution in [2.45, 2.75) is 13.8 Å². The second-order valence-corrected chi connectivity index (χ2v) is 3.56. The molecule has 0 radical (unpaired) electrons.